The second kappa shape index (κ2) is 6.76. The standard InChI is InChI=1S/C14H20N2O.ClH/c1-11-5-7-13(8-6-11)16(2)14(17)12-4-3-9-15-10-12;/h5-8,12,15H,3-4,9-10H2,1-2H3;1H/t12-;/m1./s1. The second-order valence-corrected chi connectivity index (χ2v) is 4.78. The van der Waals surface area contributed by atoms with Crippen molar-refractivity contribution < 1.29 is 4.79 Å². The SMILES string of the molecule is Cc1ccc(N(C)C(=O)[C@@H]2CCCNC2)cc1.Cl. The van der Waals surface area contributed by atoms with Crippen molar-refractivity contribution in [3.63, 3.8) is 0 Å². The number of hydrogen-bond donors (Lipinski definition) is 1. The normalized spacial score (nSPS) is 18.9. The van der Waals surface area contributed by atoms with E-state index in [2.05, 4.69) is 12.2 Å². The highest BCUT2D eigenvalue weighted by Gasteiger charge is 2.24. The summed E-state index contributed by atoms with van der Waals surface area (Å²) >= 11 is 0. The largest absolute Gasteiger partial charge is 0.316 e. The van der Waals surface area contributed by atoms with Crippen LogP contribution < -0.4 is 10.2 Å². The summed E-state index contributed by atoms with van der Waals surface area (Å²) in [6.07, 6.45) is 2.10. The van der Waals surface area contributed by atoms with Crippen LogP contribution in [-0.2, 0) is 4.79 Å². The van der Waals surface area contributed by atoms with E-state index >= 15 is 0 Å². The molecular formula is C14H21ClN2O. The third-order valence-corrected chi connectivity index (χ3v) is 3.40. The highest BCUT2D eigenvalue weighted by atomic mass is 35.5. The van der Waals surface area contributed by atoms with Crippen LogP contribution in [0.15, 0.2) is 24.3 Å². The van der Waals surface area contributed by atoms with Gasteiger partial charge in [-0.25, -0.2) is 0 Å². The zero-order chi connectivity index (χ0) is 12.3. The molecule has 3 nitrogen and oxygen atoms in total. The topological polar surface area (TPSA) is 32.3 Å². The third kappa shape index (κ3) is 3.47. The summed E-state index contributed by atoms with van der Waals surface area (Å²) in [7, 11) is 1.86. The molecule has 1 aromatic rings. The van der Waals surface area contributed by atoms with Crippen molar-refractivity contribution in [3.05, 3.63) is 29.8 Å². The number of anilines is 1. The Morgan fingerprint density at radius 2 is 2.00 bits per heavy atom. The van der Waals surface area contributed by atoms with Gasteiger partial charge >= 0.3 is 0 Å². The molecule has 0 unspecified atom stereocenters. The van der Waals surface area contributed by atoms with Crippen LogP contribution >= 0.6 is 12.4 Å². The Kier molecular flexibility index (Phi) is 5.63. The van der Waals surface area contributed by atoms with Crippen molar-refractivity contribution in [2.45, 2.75) is 19.8 Å². The summed E-state index contributed by atoms with van der Waals surface area (Å²) in [5.41, 5.74) is 2.19. The first-order chi connectivity index (χ1) is 8.18. The van der Waals surface area contributed by atoms with E-state index in [-0.39, 0.29) is 24.2 Å². The number of benzene rings is 1. The second-order valence-electron chi connectivity index (χ2n) is 4.78. The average molecular weight is 269 g/mol. The molecule has 1 aromatic carbocycles. The minimum absolute atomic E-state index is 0. The van der Waals surface area contributed by atoms with E-state index in [1.165, 1.54) is 5.56 Å². The molecule has 1 heterocycles. The van der Waals surface area contributed by atoms with Crippen molar-refractivity contribution in [1.29, 1.82) is 0 Å². The van der Waals surface area contributed by atoms with Gasteiger partial charge in [-0.3, -0.25) is 4.79 Å². The van der Waals surface area contributed by atoms with Crippen molar-refractivity contribution in [1.82, 2.24) is 5.32 Å². The number of nitrogens with zero attached hydrogens (tertiary/aromatic N) is 1. The van der Waals surface area contributed by atoms with E-state index in [1.54, 1.807) is 4.90 Å². The van der Waals surface area contributed by atoms with Crippen LogP contribution in [-0.4, -0.2) is 26.0 Å². The predicted molar refractivity (Wildman–Crippen MR) is 77.4 cm³/mol. The Balaban J connectivity index is 0.00000162. The Morgan fingerprint density at radius 3 is 2.56 bits per heavy atom. The molecular weight excluding hydrogens is 248 g/mol. The summed E-state index contributed by atoms with van der Waals surface area (Å²) < 4.78 is 0. The third-order valence-electron chi connectivity index (χ3n) is 3.40. The number of carbonyl (C=O) groups is 1. The summed E-state index contributed by atoms with van der Waals surface area (Å²) in [6, 6.07) is 8.09. The minimum atomic E-state index is 0. The van der Waals surface area contributed by atoms with Crippen molar-refractivity contribution >= 4 is 24.0 Å². The lowest BCUT2D eigenvalue weighted by Crippen LogP contribution is -2.41. The first-order valence-corrected chi connectivity index (χ1v) is 6.23. The average Bonchev–Trinajstić information content (AvgIpc) is 2.39. The van der Waals surface area contributed by atoms with E-state index in [9.17, 15) is 4.79 Å². The molecule has 1 aliphatic heterocycles. The van der Waals surface area contributed by atoms with Crippen LogP contribution in [0.2, 0.25) is 0 Å². The summed E-state index contributed by atoms with van der Waals surface area (Å²) in [5, 5.41) is 3.28. The predicted octanol–water partition coefficient (Wildman–Crippen LogP) is 2.38. The number of halogens is 1. The number of rotatable bonds is 2. The van der Waals surface area contributed by atoms with Crippen LogP contribution in [0.3, 0.4) is 0 Å². The molecule has 0 saturated carbocycles. The van der Waals surface area contributed by atoms with Gasteiger partial charge in [-0.15, -0.1) is 12.4 Å². The van der Waals surface area contributed by atoms with Crippen LogP contribution in [0, 0.1) is 12.8 Å². The van der Waals surface area contributed by atoms with Gasteiger partial charge in [-0.05, 0) is 38.4 Å². The van der Waals surface area contributed by atoms with E-state index < -0.39 is 0 Å². The van der Waals surface area contributed by atoms with Gasteiger partial charge in [0.1, 0.15) is 0 Å². The molecule has 1 aliphatic rings. The summed E-state index contributed by atoms with van der Waals surface area (Å²) in [6.45, 7) is 3.91. The molecule has 2 rings (SSSR count). The quantitative estimate of drug-likeness (QED) is 0.893. The molecule has 0 radical (unpaired) electrons. The maximum Gasteiger partial charge on any atom is 0.231 e. The fourth-order valence-corrected chi connectivity index (χ4v) is 2.23. The van der Waals surface area contributed by atoms with E-state index in [0.29, 0.717) is 0 Å². The number of amides is 1. The van der Waals surface area contributed by atoms with Crippen LogP contribution in [0.1, 0.15) is 18.4 Å². The van der Waals surface area contributed by atoms with Gasteiger partial charge in [-0.1, -0.05) is 17.7 Å². The summed E-state index contributed by atoms with van der Waals surface area (Å²) in [4.78, 5) is 14.0. The molecule has 18 heavy (non-hydrogen) atoms. The van der Waals surface area contributed by atoms with Crippen molar-refractivity contribution in [2.24, 2.45) is 5.92 Å². The molecule has 1 saturated heterocycles. The lowest BCUT2D eigenvalue weighted by Gasteiger charge is -2.27. The Hall–Kier alpha value is -1.06. The van der Waals surface area contributed by atoms with Crippen molar-refractivity contribution in [2.75, 3.05) is 25.0 Å². The van der Waals surface area contributed by atoms with Crippen LogP contribution in [0.4, 0.5) is 5.69 Å². The fraction of sp³-hybridized carbons (Fsp3) is 0.500. The Morgan fingerprint density at radius 1 is 1.33 bits per heavy atom. The van der Waals surface area contributed by atoms with E-state index in [0.717, 1.165) is 31.6 Å². The van der Waals surface area contributed by atoms with Gasteiger partial charge in [0, 0.05) is 19.3 Å². The molecule has 4 heteroatoms. The van der Waals surface area contributed by atoms with Crippen molar-refractivity contribution in [3.8, 4) is 0 Å². The lowest BCUT2D eigenvalue weighted by molar-refractivity contribution is -0.122. The highest BCUT2D eigenvalue weighted by molar-refractivity contribution is 5.94. The van der Waals surface area contributed by atoms with Gasteiger partial charge < -0.3 is 10.2 Å². The Labute approximate surface area is 115 Å². The van der Waals surface area contributed by atoms with Gasteiger partial charge in [-0.2, -0.15) is 0 Å². The number of carbonyl (C=O) groups excluding carboxylic acids is 1. The van der Waals surface area contributed by atoms with Gasteiger partial charge in [0.2, 0.25) is 5.91 Å². The van der Waals surface area contributed by atoms with Gasteiger partial charge in [0.25, 0.3) is 0 Å². The molecule has 0 aliphatic carbocycles. The number of hydrogen-bond acceptors (Lipinski definition) is 2. The zero-order valence-corrected chi connectivity index (χ0v) is 11.8. The maximum absolute atomic E-state index is 12.3. The molecule has 1 fully saturated rings. The molecule has 0 bridgehead atoms. The maximum atomic E-state index is 12.3. The molecule has 100 valence electrons. The number of piperidine rings is 1. The molecule has 1 amide bonds. The van der Waals surface area contributed by atoms with Crippen LogP contribution in [0.25, 0.3) is 0 Å². The van der Waals surface area contributed by atoms with Crippen LogP contribution in [0.5, 0.6) is 0 Å². The monoisotopic (exact) mass is 268 g/mol. The molecule has 0 spiro atoms. The molecule has 1 N–H and O–H groups in total. The first kappa shape index (κ1) is 15.0. The van der Waals surface area contributed by atoms with E-state index in [1.807, 2.05) is 31.3 Å². The van der Waals surface area contributed by atoms with E-state index in [4.69, 9.17) is 0 Å². The number of aryl methyl sites for hydroxylation is 1. The Bertz CT molecular complexity index is 385. The van der Waals surface area contributed by atoms with Gasteiger partial charge in [0.05, 0.1) is 5.92 Å². The number of nitrogens with one attached hydrogen (secondary N) is 1. The van der Waals surface area contributed by atoms with Gasteiger partial charge in [0.15, 0.2) is 0 Å². The highest BCUT2D eigenvalue weighted by Crippen LogP contribution is 2.19. The summed E-state index contributed by atoms with van der Waals surface area (Å²) in [5.74, 6) is 0.358. The molecule has 0 aromatic heterocycles. The zero-order valence-electron chi connectivity index (χ0n) is 11.0. The fourth-order valence-electron chi connectivity index (χ4n) is 2.23. The first-order valence-electron chi connectivity index (χ1n) is 6.23. The smallest absolute Gasteiger partial charge is 0.231 e. The lowest BCUT2D eigenvalue weighted by atomic mass is 9.98. The minimum Gasteiger partial charge on any atom is -0.316 e. The molecule has 1 atom stereocenters.